The molecule has 0 spiro atoms. The van der Waals surface area contributed by atoms with E-state index in [9.17, 15) is 37.1 Å². The molecule has 1 amide bonds. The Morgan fingerprint density at radius 2 is 1.70 bits per heavy atom. The van der Waals surface area contributed by atoms with E-state index >= 15 is 0 Å². The van der Waals surface area contributed by atoms with Crippen LogP contribution in [0.3, 0.4) is 0 Å². The van der Waals surface area contributed by atoms with Gasteiger partial charge in [0.1, 0.15) is 18.1 Å². The number of hydrogen-bond donors (Lipinski definition) is 3. The Hall–Kier alpha value is -4.22. The third kappa shape index (κ3) is 5.17. The summed E-state index contributed by atoms with van der Waals surface area (Å²) in [5.74, 6) is -4.28. The number of aliphatic carboxylic acids is 1. The lowest BCUT2D eigenvalue weighted by atomic mass is 10.1. The molecule has 0 saturated heterocycles. The summed E-state index contributed by atoms with van der Waals surface area (Å²) in [5.41, 5.74) is -3.88. The maximum atomic E-state index is 13.4. The molecule has 0 aliphatic heterocycles. The molecule has 0 fully saturated rings. The first-order valence-corrected chi connectivity index (χ1v) is 9.24. The lowest BCUT2D eigenvalue weighted by Crippen LogP contribution is -2.37. The predicted octanol–water partition coefficient (Wildman–Crippen LogP) is 2.64. The van der Waals surface area contributed by atoms with Crippen LogP contribution in [-0.4, -0.2) is 38.4 Å². The number of aromatic nitrogens is 2. The van der Waals surface area contributed by atoms with Crippen LogP contribution in [0.15, 0.2) is 53.3 Å². The number of carboxylic acids is 1. The van der Waals surface area contributed by atoms with Gasteiger partial charge < -0.3 is 15.5 Å². The summed E-state index contributed by atoms with van der Waals surface area (Å²) >= 11 is 0. The zero-order valence-corrected chi connectivity index (χ0v) is 16.6. The number of nitrogens with zero attached hydrogens (tertiary/aromatic N) is 2. The Bertz CT molecular complexity index is 1270. The number of carbonyl (C=O) groups excluding carboxylic acids is 1. The van der Waals surface area contributed by atoms with Gasteiger partial charge in [0.15, 0.2) is 11.3 Å². The van der Waals surface area contributed by atoms with Crippen molar-refractivity contribution in [1.82, 2.24) is 15.1 Å². The second kappa shape index (κ2) is 9.10. The molecule has 0 aliphatic rings. The quantitative estimate of drug-likeness (QED) is 0.482. The molecular formula is C21H15F4N3O5. The fraction of sp³-hybridized carbons (Fsp3) is 0.143. The Morgan fingerprint density at radius 1 is 1.06 bits per heavy atom. The molecule has 33 heavy (non-hydrogen) atoms. The molecule has 0 radical (unpaired) electrons. The van der Waals surface area contributed by atoms with Crippen LogP contribution in [-0.2, 0) is 17.5 Å². The topological polar surface area (TPSA) is 122 Å². The summed E-state index contributed by atoms with van der Waals surface area (Å²) < 4.78 is 54.0. The smallest absolute Gasteiger partial charge is 0.416 e. The van der Waals surface area contributed by atoms with Crippen LogP contribution < -0.4 is 10.9 Å². The van der Waals surface area contributed by atoms with Crippen molar-refractivity contribution in [3.05, 3.63) is 81.4 Å². The first-order valence-electron chi connectivity index (χ1n) is 9.24. The molecule has 1 aromatic heterocycles. The minimum Gasteiger partial charge on any atom is -0.505 e. The van der Waals surface area contributed by atoms with E-state index in [-0.39, 0.29) is 16.8 Å². The van der Waals surface area contributed by atoms with Crippen molar-refractivity contribution in [2.75, 3.05) is 6.54 Å². The van der Waals surface area contributed by atoms with Gasteiger partial charge in [-0.05, 0) is 35.9 Å². The number of amides is 1. The van der Waals surface area contributed by atoms with Crippen molar-refractivity contribution >= 4 is 11.9 Å². The number of alkyl halides is 3. The molecule has 0 unspecified atom stereocenters. The first-order chi connectivity index (χ1) is 15.5. The number of rotatable bonds is 6. The highest BCUT2D eigenvalue weighted by molar-refractivity contribution is 5.99. The summed E-state index contributed by atoms with van der Waals surface area (Å²) in [7, 11) is 0. The van der Waals surface area contributed by atoms with Gasteiger partial charge in [-0.15, -0.1) is 0 Å². The number of halogens is 4. The van der Waals surface area contributed by atoms with Crippen molar-refractivity contribution in [3.63, 3.8) is 0 Å². The van der Waals surface area contributed by atoms with Crippen LogP contribution >= 0.6 is 0 Å². The second-order valence-electron chi connectivity index (χ2n) is 6.77. The number of carbonyl (C=O) groups is 2. The van der Waals surface area contributed by atoms with Gasteiger partial charge in [-0.25, -0.2) is 9.07 Å². The molecule has 3 N–H and O–H groups in total. The molecule has 3 rings (SSSR count). The third-order valence-electron chi connectivity index (χ3n) is 4.52. The lowest BCUT2D eigenvalue weighted by Gasteiger charge is -2.16. The van der Waals surface area contributed by atoms with Crippen LogP contribution in [0.1, 0.15) is 21.5 Å². The van der Waals surface area contributed by atoms with Crippen LogP contribution in [0.2, 0.25) is 0 Å². The maximum absolute atomic E-state index is 13.4. The zero-order valence-electron chi connectivity index (χ0n) is 16.6. The van der Waals surface area contributed by atoms with E-state index in [2.05, 4.69) is 5.10 Å². The van der Waals surface area contributed by atoms with Crippen LogP contribution in [0, 0.1) is 5.82 Å². The number of benzene rings is 2. The number of aromatic hydroxyl groups is 1. The average Bonchev–Trinajstić information content (AvgIpc) is 2.74. The molecule has 0 bridgehead atoms. The molecule has 2 aromatic carbocycles. The third-order valence-corrected chi connectivity index (χ3v) is 4.52. The molecule has 8 nitrogen and oxygen atoms in total. The average molecular weight is 465 g/mol. The molecule has 0 saturated carbocycles. The number of hydrogen-bond acceptors (Lipinski definition) is 5. The molecule has 12 heteroatoms. The number of carboxylic acid groups (broad SMARTS) is 1. The maximum Gasteiger partial charge on any atom is 0.416 e. The van der Waals surface area contributed by atoms with Crippen molar-refractivity contribution in [2.24, 2.45) is 0 Å². The van der Waals surface area contributed by atoms with Crippen molar-refractivity contribution < 1.29 is 37.4 Å². The van der Waals surface area contributed by atoms with E-state index in [1.54, 1.807) is 0 Å². The van der Waals surface area contributed by atoms with E-state index in [0.717, 1.165) is 30.3 Å². The Balaban J connectivity index is 2.20. The number of nitrogens with one attached hydrogen (secondary N) is 1. The SMILES string of the molecule is O=C(O)CNC(=O)c1c(O)c(-c2ccc(F)cc2)nn(Cc2ccccc2C(F)(F)F)c1=O. The van der Waals surface area contributed by atoms with E-state index in [1.807, 2.05) is 5.32 Å². The van der Waals surface area contributed by atoms with Gasteiger partial charge in [0.25, 0.3) is 11.5 Å². The minimum absolute atomic E-state index is 0.0547. The lowest BCUT2D eigenvalue weighted by molar-refractivity contribution is -0.138. The van der Waals surface area contributed by atoms with Crippen LogP contribution in [0.4, 0.5) is 17.6 Å². The van der Waals surface area contributed by atoms with Crippen LogP contribution in [0.25, 0.3) is 11.3 Å². The highest BCUT2D eigenvalue weighted by Crippen LogP contribution is 2.33. The monoisotopic (exact) mass is 465 g/mol. The Labute approximate surface area is 182 Å². The second-order valence-corrected chi connectivity index (χ2v) is 6.77. The van der Waals surface area contributed by atoms with Crippen LogP contribution in [0.5, 0.6) is 5.75 Å². The molecule has 172 valence electrons. The fourth-order valence-corrected chi connectivity index (χ4v) is 3.02. The van der Waals surface area contributed by atoms with E-state index in [1.165, 1.54) is 18.2 Å². The highest BCUT2D eigenvalue weighted by atomic mass is 19.4. The predicted molar refractivity (Wildman–Crippen MR) is 106 cm³/mol. The summed E-state index contributed by atoms with van der Waals surface area (Å²) in [4.78, 5) is 36.1. The van der Waals surface area contributed by atoms with E-state index in [4.69, 9.17) is 5.11 Å². The summed E-state index contributed by atoms with van der Waals surface area (Å²) in [6.45, 7) is -1.61. The van der Waals surface area contributed by atoms with Gasteiger partial charge in [-0.3, -0.25) is 14.4 Å². The molecule has 0 atom stereocenters. The van der Waals surface area contributed by atoms with Gasteiger partial charge in [-0.2, -0.15) is 18.3 Å². The zero-order chi connectivity index (χ0) is 24.3. The first kappa shape index (κ1) is 23.4. The minimum atomic E-state index is -4.74. The Morgan fingerprint density at radius 3 is 2.30 bits per heavy atom. The van der Waals surface area contributed by atoms with Gasteiger partial charge in [0.2, 0.25) is 0 Å². The standard InChI is InChI=1S/C21H15F4N3O5/c22-13-7-5-11(6-8-13)17-18(31)16(19(32)26-9-15(29)30)20(33)28(27-17)10-12-3-1-2-4-14(12)21(23,24)25/h1-8,31H,9-10H2,(H,26,32)(H,29,30). The molecule has 1 heterocycles. The van der Waals surface area contributed by atoms with Gasteiger partial charge in [0, 0.05) is 5.56 Å². The fourth-order valence-electron chi connectivity index (χ4n) is 3.02. The van der Waals surface area contributed by atoms with Gasteiger partial charge >= 0.3 is 12.1 Å². The van der Waals surface area contributed by atoms with E-state index < -0.39 is 59.4 Å². The van der Waals surface area contributed by atoms with Gasteiger partial charge in [-0.1, -0.05) is 18.2 Å². The summed E-state index contributed by atoms with van der Waals surface area (Å²) in [6.07, 6.45) is -4.74. The van der Waals surface area contributed by atoms with Crippen molar-refractivity contribution in [1.29, 1.82) is 0 Å². The van der Waals surface area contributed by atoms with Crippen molar-refractivity contribution in [2.45, 2.75) is 12.7 Å². The highest BCUT2D eigenvalue weighted by Gasteiger charge is 2.33. The molecule has 3 aromatic rings. The Kier molecular flexibility index (Phi) is 6.47. The van der Waals surface area contributed by atoms with Crippen molar-refractivity contribution in [3.8, 4) is 17.0 Å². The molecular weight excluding hydrogens is 450 g/mol. The normalized spacial score (nSPS) is 11.3. The summed E-state index contributed by atoms with van der Waals surface area (Å²) in [5, 5.41) is 25.1. The summed E-state index contributed by atoms with van der Waals surface area (Å²) in [6, 6.07) is 8.77. The molecule has 0 aliphatic carbocycles. The largest absolute Gasteiger partial charge is 0.505 e. The van der Waals surface area contributed by atoms with E-state index in [0.29, 0.717) is 4.68 Å². The van der Waals surface area contributed by atoms with Gasteiger partial charge in [0.05, 0.1) is 12.1 Å².